The van der Waals surface area contributed by atoms with Gasteiger partial charge in [0, 0.05) is 10.4 Å². The third kappa shape index (κ3) is 2.99. The van der Waals surface area contributed by atoms with Crippen molar-refractivity contribution in [2.24, 2.45) is 0 Å². The van der Waals surface area contributed by atoms with E-state index in [9.17, 15) is 0 Å². The molecule has 2 rings (SSSR count). The number of rotatable bonds is 3. The molecule has 90 valence electrons. The Labute approximate surface area is 107 Å². The summed E-state index contributed by atoms with van der Waals surface area (Å²) in [6.45, 7) is 3.47. The van der Waals surface area contributed by atoms with Crippen LogP contribution in [0.5, 0.6) is 0 Å². The van der Waals surface area contributed by atoms with Gasteiger partial charge in [0.25, 0.3) is 0 Å². The lowest BCUT2D eigenvalue weighted by Gasteiger charge is -2.32. The number of hydrogen-bond donors (Lipinski definition) is 1. The molecule has 1 aromatic rings. The SMILES string of the molecule is CCC1(Cc2ccc(Cl)s2)CCCCCN1. The van der Waals surface area contributed by atoms with Crippen LogP contribution >= 0.6 is 22.9 Å². The van der Waals surface area contributed by atoms with Crippen molar-refractivity contribution in [2.45, 2.75) is 51.0 Å². The quantitative estimate of drug-likeness (QED) is 0.853. The average molecular weight is 258 g/mol. The highest BCUT2D eigenvalue weighted by Gasteiger charge is 2.29. The predicted octanol–water partition coefficient (Wildman–Crippen LogP) is 4.26. The normalized spacial score (nSPS) is 26.6. The lowest BCUT2D eigenvalue weighted by atomic mass is 9.86. The Hall–Kier alpha value is -0.0500. The summed E-state index contributed by atoms with van der Waals surface area (Å²) in [5.41, 5.74) is 0.324. The van der Waals surface area contributed by atoms with Crippen molar-refractivity contribution in [3.8, 4) is 0 Å². The second-order valence-corrected chi connectivity index (χ2v) is 6.55. The minimum Gasteiger partial charge on any atom is -0.311 e. The minimum absolute atomic E-state index is 0.324. The van der Waals surface area contributed by atoms with Crippen molar-refractivity contribution >= 4 is 22.9 Å². The van der Waals surface area contributed by atoms with Crippen molar-refractivity contribution < 1.29 is 0 Å². The summed E-state index contributed by atoms with van der Waals surface area (Å²) in [7, 11) is 0. The lowest BCUT2D eigenvalue weighted by molar-refractivity contribution is 0.304. The summed E-state index contributed by atoms with van der Waals surface area (Å²) in [6.07, 6.45) is 7.72. The van der Waals surface area contributed by atoms with Gasteiger partial charge in [-0.05, 0) is 44.4 Å². The van der Waals surface area contributed by atoms with Crippen LogP contribution in [0.1, 0.15) is 43.9 Å². The minimum atomic E-state index is 0.324. The van der Waals surface area contributed by atoms with Gasteiger partial charge in [0.1, 0.15) is 0 Å². The Morgan fingerprint density at radius 3 is 2.94 bits per heavy atom. The maximum absolute atomic E-state index is 6.00. The Morgan fingerprint density at radius 1 is 1.38 bits per heavy atom. The van der Waals surface area contributed by atoms with Crippen LogP contribution in [0.4, 0.5) is 0 Å². The Bertz CT molecular complexity index is 326. The summed E-state index contributed by atoms with van der Waals surface area (Å²) >= 11 is 7.72. The number of thiophene rings is 1. The smallest absolute Gasteiger partial charge is 0.0931 e. The van der Waals surface area contributed by atoms with E-state index in [1.165, 1.54) is 43.5 Å². The largest absolute Gasteiger partial charge is 0.311 e. The van der Waals surface area contributed by atoms with Crippen LogP contribution in [0.3, 0.4) is 0 Å². The van der Waals surface area contributed by atoms with Gasteiger partial charge in [-0.1, -0.05) is 31.4 Å². The molecule has 1 saturated heterocycles. The van der Waals surface area contributed by atoms with Crippen LogP contribution in [0.25, 0.3) is 0 Å². The summed E-state index contributed by atoms with van der Waals surface area (Å²) < 4.78 is 0.912. The van der Waals surface area contributed by atoms with Gasteiger partial charge in [0.15, 0.2) is 0 Å². The molecule has 2 heterocycles. The van der Waals surface area contributed by atoms with Crippen LogP contribution in [0, 0.1) is 0 Å². The monoisotopic (exact) mass is 257 g/mol. The van der Waals surface area contributed by atoms with Gasteiger partial charge in [-0.25, -0.2) is 0 Å². The first-order valence-corrected chi connectivity index (χ1v) is 7.43. The van der Waals surface area contributed by atoms with Gasteiger partial charge >= 0.3 is 0 Å². The van der Waals surface area contributed by atoms with Crippen molar-refractivity contribution in [1.82, 2.24) is 5.32 Å². The topological polar surface area (TPSA) is 12.0 Å². The maximum atomic E-state index is 6.00. The fourth-order valence-electron chi connectivity index (χ4n) is 2.57. The highest BCUT2D eigenvalue weighted by Crippen LogP contribution is 2.30. The number of nitrogens with one attached hydrogen (secondary N) is 1. The van der Waals surface area contributed by atoms with E-state index in [1.807, 2.05) is 6.07 Å². The third-order valence-electron chi connectivity index (χ3n) is 3.65. The summed E-state index contributed by atoms with van der Waals surface area (Å²) in [6, 6.07) is 4.19. The van der Waals surface area contributed by atoms with Gasteiger partial charge in [-0.15, -0.1) is 11.3 Å². The number of halogens is 1. The van der Waals surface area contributed by atoms with Gasteiger partial charge in [-0.2, -0.15) is 0 Å². The highest BCUT2D eigenvalue weighted by atomic mass is 35.5. The maximum Gasteiger partial charge on any atom is 0.0931 e. The molecule has 0 amide bonds. The zero-order valence-electron chi connectivity index (χ0n) is 9.89. The third-order valence-corrected chi connectivity index (χ3v) is 4.88. The Kier molecular flexibility index (Phi) is 4.28. The Balaban J connectivity index is 2.08. The summed E-state index contributed by atoms with van der Waals surface area (Å²) in [5, 5.41) is 3.77. The molecule has 0 saturated carbocycles. The van der Waals surface area contributed by atoms with Gasteiger partial charge < -0.3 is 5.32 Å². The first-order valence-electron chi connectivity index (χ1n) is 6.23. The molecule has 0 radical (unpaired) electrons. The van der Waals surface area contributed by atoms with Crippen LogP contribution < -0.4 is 5.32 Å². The molecular weight excluding hydrogens is 238 g/mol. The predicted molar refractivity (Wildman–Crippen MR) is 72.5 cm³/mol. The van der Waals surface area contributed by atoms with Crippen LogP contribution in [-0.2, 0) is 6.42 Å². The molecule has 3 heteroatoms. The molecule has 0 aliphatic carbocycles. The van der Waals surface area contributed by atoms with Crippen molar-refractivity contribution in [3.63, 3.8) is 0 Å². The molecule has 1 N–H and O–H groups in total. The van der Waals surface area contributed by atoms with E-state index in [4.69, 9.17) is 11.6 Å². The first kappa shape index (κ1) is 12.4. The van der Waals surface area contributed by atoms with E-state index in [0.29, 0.717) is 5.54 Å². The zero-order valence-corrected chi connectivity index (χ0v) is 11.5. The summed E-state index contributed by atoms with van der Waals surface area (Å²) in [4.78, 5) is 1.42. The fourth-order valence-corrected chi connectivity index (χ4v) is 3.80. The zero-order chi connectivity index (χ0) is 11.4. The molecule has 1 aliphatic heterocycles. The van der Waals surface area contributed by atoms with E-state index >= 15 is 0 Å². The van der Waals surface area contributed by atoms with E-state index < -0.39 is 0 Å². The standard InChI is InChI=1S/C13H20ClNS/c1-2-13(8-4-3-5-9-15-13)10-11-6-7-12(14)16-11/h6-7,15H,2-5,8-10H2,1H3. The van der Waals surface area contributed by atoms with Crippen molar-refractivity contribution in [3.05, 3.63) is 21.3 Å². The molecule has 16 heavy (non-hydrogen) atoms. The molecular formula is C13H20ClNS. The molecule has 0 spiro atoms. The van der Waals surface area contributed by atoms with Crippen LogP contribution in [0.15, 0.2) is 12.1 Å². The van der Waals surface area contributed by atoms with E-state index in [2.05, 4.69) is 18.3 Å². The van der Waals surface area contributed by atoms with Gasteiger partial charge in [0.2, 0.25) is 0 Å². The molecule has 1 aliphatic rings. The molecule has 1 aromatic heterocycles. The van der Waals surface area contributed by atoms with Crippen LogP contribution in [-0.4, -0.2) is 12.1 Å². The number of hydrogen-bond acceptors (Lipinski definition) is 2. The highest BCUT2D eigenvalue weighted by molar-refractivity contribution is 7.16. The summed E-state index contributed by atoms with van der Waals surface area (Å²) in [5.74, 6) is 0. The molecule has 1 atom stereocenters. The molecule has 0 aromatic carbocycles. The van der Waals surface area contributed by atoms with Gasteiger partial charge in [-0.3, -0.25) is 0 Å². The van der Waals surface area contributed by atoms with Crippen molar-refractivity contribution in [2.75, 3.05) is 6.54 Å². The lowest BCUT2D eigenvalue weighted by Crippen LogP contribution is -2.45. The van der Waals surface area contributed by atoms with E-state index in [1.54, 1.807) is 11.3 Å². The fraction of sp³-hybridized carbons (Fsp3) is 0.692. The van der Waals surface area contributed by atoms with E-state index in [-0.39, 0.29) is 0 Å². The first-order chi connectivity index (χ1) is 7.74. The Morgan fingerprint density at radius 2 is 2.25 bits per heavy atom. The molecule has 1 nitrogen and oxygen atoms in total. The van der Waals surface area contributed by atoms with E-state index in [0.717, 1.165) is 10.8 Å². The molecule has 1 unspecified atom stereocenters. The molecule has 1 fully saturated rings. The van der Waals surface area contributed by atoms with Crippen LogP contribution in [0.2, 0.25) is 4.34 Å². The second-order valence-electron chi connectivity index (χ2n) is 4.75. The second kappa shape index (κ2) is 5.52. The van der Waals surface area contributed by atoms with Gasteiger partial charge in [0.05, 0.1) is 4.34 Å². The average Bonchev–Trinajstić information content (AvgIpc) is 2.54. The molecule has 0 bridgehead atoms. The van der Waals surface area contributed by atoms with Crippen molar-refractivity contribution in [1.29, 1.82) is 0 Å².